The second kappa shape index (κ2) is 10.1. The van der Waals surface area contributed by atoms with Crippen LogP contribution in [0.2, 0.25) is 5.02 Å². The number of amidine groups is 1. The van der Waals surface area contributed by atoms with E-state index >= 15 is 0 Å². The highest BCUT2D eigenvalue weighted by Crippen LogP contribution is 2.50. The van der Waals surface area contributed by atoms with Gasteiger partial charge in [-0.05, 0) is 55.3 Å². The molecule has 0 unspecified atom stereocenters. The van der Waals surface area contributed by atoms with E-state index in [0.29, 0.717) is 63.7 Å². The highest BCUT2D eigenvalue weighted by atomic mass is 35.5. The maximum atomic E-state index is 13.7. The van der Waals surface area contributed by atoms with E-state index in [1.54, 1.807) is 55.5 Å². The van der Waals surface area contributed by atoms with Crippen LogP contribution in [0.3, 0.4) is 0 Å². The molecular formula is C30H27ClN2O4. The van der Waals surface area contributed by atoms with Crippen LogP contribution in [0.15, 0.2) is 89.6 Å². The molecule has 0 bridgehead atoms. The van der Waals surface area contributed by atoms with Gasteiger partial charge in [0.15, 0.2) is 5.78 Å². The Bertz CT molecular complexity index is 1430. The average molecular weight is 515 g/mol. The first-order chi connectivity index (χ1) is 17.9. The molecule has 0 fully saturated rings. The monoisotopic (exact) mass is 514 g/mol. The molecule has 3 aromatic rings. The van der Waals surface area contributed by atoms with Gasteiger partial charge in [-0.25, -0.2) is 0 Å². The number of carbonyl (C=O) groups is 1. The van der Waals surface area contributed by atoms with Crippen molar-refractivity contribution in [1.82, 2.24) is 0 Å². The third-order valence-corrected chi connectivity index (χ3v) is 7.14. The molecule has 188 valence electrons. The molecule has 3 aromatic carbocycles. The summed E-state index contributed by atoms with van der Waals surface area (Å²) < 4.78 is 11.2. The number of Topliss-reactive ketones (excluding diaryl/α,β-unsaturated/α-hetero) is 1. The van der Waals surface area contributed by atoms with E-state index in [1.165, 1.54) is 0 Å². The molecule has 2 aliphatic rings. The number of ether oxygens (including phenoxy) is 2. The minimum Gasteiger partial charge on any atom is -0.507 e. The van der Waals surface area contributed by atoms with Crippen molar-refractivity contribution in [3.63, 3.8) is 0 Å². The van der Waals surface area contributed by atoms with Gasteiger partial charge in [0.1, 0.15) is 23.1 Å². The maximum Gasteiger partial charge on any atom is 0.161 e. The molecular weight excluding hydrogens is 488 g/mol. The lowest BCUT2D eigenvalue weighted by atomic mass is 9.73. The molecule has 0 amide bonds. The van der Waals surface area contributed by atoms with Gasteiger partial charge in [-0.1, -0.05) is 41.9 Å². The lowest BCUT2D eigenvalue weighted by Gasteiger charge is -2.42. The second-order valence-corrected chi connectivity index (χ2v) is 9.40. The van der Waals surface area contributed by atoms with Crippen LogP contribution in [-0.2, 0) is 4.79 Å². The van der Waals surface area contributed by atoms with Crippen LogP contribution in [0.25, 0.3) is 5.76 Å². The summed E-state index contributed by atoms with van der Waals surface area (Å²) in [6, 6.07) is 21.6. The molecule has 1 atom stereocenters. The van der Waals surface area contributed by atoms with Crippen molar-refractivity contribution in [2.75, 3.05) is 19.1 Å². The first kappa shape index (κ1) is 24.7. The molecule has 0 spiro atoms. The van der Waals surface area contributed by atoms with E-state index in [2.05, 4.69) is 0 Å². The van der Waals surface area contributed by atoms with E-state index in [4.69, 9.17) is 21.1 Å². The Morgan fingerprint density at radius 3 is 2.41 bits per heavy atom. The van der Waals surface area contributed by atoms with Gasteiger partial charge in [0, 0.05) is 45.1 Å². The predicted octanol–water partition coefficient (Wildman–Crippen LogP) is 6.91. The van der Waals surface area contributed by atoms with Gasteiger partial charge < -0.3 is 14.6 Å². The number of halogens is 1. The van der Waals surface area contributed by atoms with Crippen molar-refractivity contribution >= 4 is 34.7 Å². The van der Waals surface area contributed by atoms with Crippen molar-refractivity contribution in [3.05, 3.63) is 106 Å². The molecule has 0 radical (unpaired) electrons. The zero-order valence-electron chi connectivity index (χ0n) is 20.6. The number of aliphatic hydroxyl groups is 1. The number of rotatable bonds is 5. The smallest absolute Gasteiger partial charge is 0.161 e. The van der Waals surface area contributed by atoms with Crippen LogP contribution < -0.4 is 14.4 Å². The summed E-state index contributed by atoms with van der Waals surface area (Å²) in [7, 11) is 3.14. The quantitative estimate of drug-likeness (QED) is 0.361. The molecule has 0 saturated heterocycles. The molecule has 1 heterocycles. The van der Waals surface area contributed by atoms with Crippen LogP contribution >= 0.6 is 11.6 Å². The zero-order chi connectivity index (χ0) is 26.1. The molecule has 7 heteroatoms. The van der Waals surface area contributed by atoms with Crippen molar-refractivity contribution in [2.24, 2.45) is 0 Å². The van der Waals surface area contributed by atoms with Crippen molar-refractivity contribution in [1.29, 1.82) is 5.41 Å². The Labute approximate surface area is 220 Å². The summed E-state index contributed by atoms with van der Waals surface area (Å²) >= 11 is 6.16. The summed E-state index contributed by atoms with van der Waals surface area (Å²) in [5.74, 6) is 0.426. The number of allylic oxidation sites excluding steroid dienone is 2. The fraction of sp³-hybridized carbons (Fsp3) is 0.200. The Kier molecular flexibility index (Phi) is 6.76. The Morgan fingerprint density at radius 2 is 1.73 bits per heavy atom. The number of methoxy groups -OCH3 is 2. The molecule has 37 heavy (non-hydrogen) atoms. The van der Waals surface area contributed by atoms with Gasteiger partial charge in [-0.15, -0.1) is 0 Å². The van der Waals surface area contributed by atoms with Crippen LogP contribution in [0.4, 0.5) is 5.69 Å². The number of anilines is 1. The first-order valence-corrected chi connectivity index (χ1v) is 12.4. The number of hydrogen-bond donors (Lipinski definition) is 2. The number of ketones is 1. The summed E-state index contributed by atoms with van der Waals surface area (Å²) in [6.45, 7) is 0. The molecule has 1 aliphatic carbocycles. The predicted molar refractivity (Wildman–Crippen MR) is 146 cm³/mol. The Morgan fingerprint density at radius 1 is 1.00 bits per heavy atom. The molecule has 5 rings (SSSR count). The average Bonchev–Trinajstić information content (AvgIpc) is 2.93. The van der Waals surface area contributed by atoms with Crippen LogP contribution in [-0.4, -0.2) is 30.9 Å². The van der Waals surface area contributed by atoms with Gasteiger partial charge in [0.05, 0.1) is 20.1 Å². The number of benzene rings is 3. The van der Waals surface area contributed by atoms with Crippen LogP contribution in [0, 0.1) is 5.41 Å². The maximum absolute atomic E-state index is 13.7. The Hall–Kier alpha value is -4.03. The minimum absolute atomic E-state index is 0.0130. The number of hydrogen-bond acceptors (Lipinski definition) is 5. The van der Waals surface area contributed by atoms with Gasteiger partial charge in [0.25, 0.3) is 0 Å². The second-order valence-electron chi connectivity index (χ2n) is 8.97. The lowest BCUT2D eigenvalue weighted by molar-refractivity contribution is -0.116. The van der Waals surface area contributed by atoms with Gasteiger partial charge in [-0.3, -0.25) is 15.1 Å². The third kappa shape index (κ3) is 4.38. The number of carbonyl (C=O) groups excluding carboxylic acids is 1. The van der Waals surface area contributed by atoms with Crippen molar-refractivity contribution in [2.45, 2.75) is 25.2 Å². The molecule has 1 aliphatic heterocycles. The summed E-state index contributed by atoms with van der Waals surface area (Å²) in [5.41, 5.74) is 3.54. The van der Waals surface area contributed by atoms with Crippen molar-refractivity contribution in [3.8, 4) is 11.5 Å². The highest BCUT2D eigenvalue weighted by Gasteiger charge is 2.44. The number of nitrogens with one attached hydrogen (secondary N) is 1. The van der Waals surface area contributed by atoms with E-state index in [0.717, 1.165) is 5.70 Å². The lowest BCUT2D eigenvalue weighted by Crippen LogP contribution is -2.42. The molecule has 2 N–H and O–H groups in total. The SMILES string of the molecule is COc1ccc(OC)c([C@@H]2C3=C(CCCC3=O)N(c3ccc(Cl)cc3)C(=N)/C2=C(/O)c2ccccc2)c1. The molecule has 6 nitrogen and oxygen atoms in total. The standard InChI is InChI=1S/C30H27ClN2O4/c1-36-21-15-16-25(37-2)22(17-21)26-27-23(9-6-10-24(27)34)33(20-13-11-19(31)12-14-20)30(32)28(26)29(35)18-7-4-3-5-8-18/h3-5,7-8,11-17,26,32,35H,6,9-10H2,1-2H3/b29-28+,32-30?/t26-/m1/s1. The largest absolute Gasteiger partial charge is 0.507 e. The van der Waals surface area contributed by atoms with Gasteiger partial charge in [-0.2, -0.15) is 0 Å². The van der Waals surface area contributed by atoms with E-state index < -0.39 is 5.92 Å². The summed E-state index contributed by atoms with van der Waals surface area (Å²) in [6.07, 6.45) is 1.69. The summed E-state index contributed by atoms with van der Waals surface area (Å²) in [4.78, 5) is 15.4. The Balaban J connectivity index is 1.86. The number of aliphatic hydroxyl groups excluding tert-OH is 1. The van der Waals surface area contributed by atoms with Gasteiger partial charge >= 0.3 is 0 Å². The summed E-state index contributed by atoms with van der Waals surface area (Å²) in [5, 5.41) is 21.7. The third-order valence-electron chi connectivity index (χ3n) is 6.89. The van der Waals surface area contributed by atoms with Gasteiger partial charge in [0.2, 0.25) is 0 Å². The van der Waals surface area contributed by atoms with E-state index in [-0.39, 0.29) is 17.4 Å². The van der Waals surface area contributed by atoms with E-state index in [9.17, 15) is 15.3 Å². The number of nitrogens with zero attached hydrogens (tertiary/aromatic N) is 1. The van der Waals surface area contributed by atoms with Crippen LogP contribution in [0.5, 0.6) is 11.5 Å². The topological polar surface area (TPSA) is 82.9 Å². The minimum atomic E-state index is -0.718. The first-order valence-electron chi connectivity index (χ1n) is 12.1. The fourth-order valence-corrected chi connectivity index (χ4v) is 5.32. The van der Waals surface area contributed by atoms with E-state index in [1.807, 2.05) is 36.4 Å². The highest BCUT2D eigenvalue weighted by molar-refractivity contribution is 6.30. The fourth-order valence-electron chi connectivity index (χ4n) is 5.19. The molecule has 0 aromatic heterocycles. The zero-order valence-corrected chi connectivity index (χ0v) is 21.4. The van der Waals surface area contributed by atoms with Crippen molar-refractivity contribution < 1.29 is 19.4 Å². The normalized spacial score (nSPS) is 19.0. The van der Waals surface area contributed by atoms with Crippen LogP contribution in [0.1, 0.15) is 36.3 Å². The molecule has 0 saturated carbocycles.